The number of pyridine rings is 4. The molecule has 0 saturated heterocycles. The minimum Gasteiger partial charge on any atom is -0.361 e. The highest BCUT2D eigenvalue weighted by Gasteiger charge is 2.32. The Morgan fingerprint density at radius 3 is 1.54 bits per heavy atom. The highest BCUT2D eigenvalue weighted by atomic mass is 35.5. The smallest absolute Gasteiger partial charge is 0.361 e. The topological polar surface area (TPSA) is 81.9 Å². The Hall–Kier alpha value is -4.22. The van der Waals surface area contributed by atoms with Gasteiger partial charge in [0.25, 0.3) is 5.82 Å². The van der Waals surface area contributed by atoms with Crippen molar-refractivity contribution >= 4 is 18.2 Å². The van der Waals surface area contributed by atoms with Gasteiger partial charge in [-0.3, -0.25) is 9.97 Å². The molecule has 0 saturated carbocycles. The van der Waals surface area contributed by atoms with Gasteiger partial charge in [0.05, 0.1) is 5.69 Å². The van der Waals surface area contributed by atoms with Crippen LogP contribution in [0.2, 0.25) is 0 Å². The van der Waals surface area contributed by atoms with Crippen LogP contribution in [0.15, 0.2) is 60.9 Å². The zero-order valence-corrected chi connectivity index (χ0v) is 20.0. The van der Waals surface area contributed by atoms with E-state index in [1.165, 1.54) is 24.3 Å². The highest BCUT2D eigenvalue weighted by molar-refractivity contribution is 5.85. The van der Waals surface area contributed by atoms with Crippen molar-refractivity contribution in [2.45, 2.75) is 18.9 Å². The molecule has 39 heavy (non-hydrogen) atoms. The number of rotatable bonds is 3. The first-order valence-corrected chi connectivity index (χ1v) is 10.3. The summed E-state index contributed by atoms with van der Waals surface area (Å²) in [4.78, 5) is 16.4. The van der Waals surface area contributed by atoms with Crippen LogP contribution < -0.4 is 5.73 Å². The van der Waals surface area contributed by atoms with Crippen molar-refractivity contribution in [2.75, 3.05) is 0 Å². The van der Waals surface area contributed by atoms with E-state index in [9.17, 15) is 35.1 Å². The van der Waals surface area contributed by atoms with E-state index in [2.05, 4.69) is 24.8 Å². The molecular formula is C24H15ClF8N6. The fraction of sp³-hybridized carbons (Fsp3) is 0.125. The summed E-state index contributed by atoms with van der Waals surface area (Å²) in [5.41, 5.74) is 4.92. The first-order chi connectivity index (χ1) is 17.8. The van der Waals surface area contributed by atoms with E-state index in [0.29, 0.717) is 16.8 Å². The third kappa shape index (κ3) is 8.39. The zero-order chi connectivity index (χ0) is 28.1. The van der Waals surface area contributed by atoms with Crippen LogP contribution in [-0.4, -0.2) is 19.9 Å². The van der Waals surface area contributed by atoms with Gasteiger partial charge in [-0.05, 0) is 41.0 Å². The van der Waals surface area contributed by atoms with Crippen LogP contribution in [0, 0.1) is 18.5 Å². The highest BCUT2D eigenvalue weighted by Crippen LogP contribution is 2.30. The summed E-state index contributed by atoms with van der Waals surface area (Å²) in [6, 6.07) is 8.96. The molecule has 0 atom stereocenters. The van der Waals surface area contributed by atoms with Gasteiger partial charge < -0.3 is 10.6 Å². The van der Waals surface area contributed by atoms with E-state index in [1.54, 1.807) is 0 Å². The Kier molecular flexibility index (Phi) is 9.98. The molecule has 0 unspecified atom stereocenters. The fourth-order valence-corrected chi connectivity index (χ4v) is 2.99. The molecule has 0 aliphatic carbocycles. The molecule has 0 radical (unpaired) electrons. The molecule has 4 heterocycles. The monoisotopic (exact) mass is 574 g/mol. The van der Waals surface area contributed by atoms with E-state index >= 15 is 0 Å². The molecular weight excluding hydrogens is 560 g/mol. The van der Waals surface area contributed by atoms with Crippen molar-refractivity contribution in [3.8, 4) is 22.3 Å². The number of hydrogen-bond acceptors (Lipinski definition) is 5. The van der Waals surface area contributed by atoms with Crippen LogP contribution in [0.1, 0.15) is 17.1 Å². The van der Waals surface area contributed by atoms with Gasteiger partial charge in [-0.2, -0.15) is 35.1 Å². The second-order valence-corrected chi connectivity index (χ2v) is 7.38. The largest absolute Gasteiger partial charge is 0.433 e. The molecule has 0 aliphatic heterocycles. The number of aromatic nitrogens is 4. The minimum atomic E-state index is -4.52. The quantitative estimate of drug-likeness (QED) is 0.161. The molecule has 6 nitrogen and oxygen atoms in total. The molecule has 204 valence electrons. The number of alkyl halides is 6. The first kappa shape index (κ1) is 31.0. The minimum absolute atomic E-state index is 0. The van der Waals surface area contributed by atoms with Crippen LogP contribution in [0.3, 0.4) is 0 Å². The SMILES string of the molecule is Cl.NCc1cc(-c2ccc(C(F)(F)F)nc2)cc(F)n1.[C-]#[N+]c1cc(-c2ccc(C(F)(F)F)nc2)cc(F)n1. The predicted octanol–water partition coefficient (Wildman–Crippen LogP) is 7.03. The molecule has 0 aliphatic rings. The Bertz CT molecular complexity index is 1450. The number of nitrogens with zero attached hydrogens (tertiary/aromatic N) is 5. The van der Waals surface area contributed by atoms with Gasteiger partial charge in [0, 0.05) is 36.6 Å². The third-order valence-electron chi connectivity index (χ3n) is 4.73. The van der Waals surface area contributed by atoms with E-state index in [1.807, 2.05) is 0 Å². The Morgan fingerprint density at radius 2 is 1.15 bits per heavy atom. The molecule has 4 aromatic rings. The van der Waals surface area contributed by atoms with Crippen molar-refractivity contribution < 1.29 is 35.1 Å². The lowest BCUT2D eigenvalue weighted by molar-refractivity contribution is -0.141. The average molecular weight is 575 g/mol. The van der Waals surface area contributed by atoms with Crippen LogP contribution in [0.25, 0.3) is 27.1 Å². The van der Waals surface area contributed by atoms with Crippen LogP contribution in [0.5, 0.6) is 0 Å². The van der Waals surface area contributed by atoms with Gasteiger partial charge in [-0.25, -0.2) is 4.98 Å². The summed E-state index contributed by atoms with van der Waals surface area (Å²) in [5.74, 6) is -1.78. The molecule has 0 bridgehead atoms. The summed E-state index contributed by atoms with van der Waals surface area (Å²) in [7, 11) is 0. The Morgan fingerprint density at radius 1 is 0.692 bits per heavy atom. The van der Waals surface area contributed by atoms with E-state index in [4.69, 9.17) is 12.3 Å². The maximum absolute atomic E-state index is 13.2. The second kappa shape index (κ2) is 12.5. The molecule has 15 heteroatoms. The molecule has 0 spiro atoms. The molecule has 4 aromatic heterocycles. The standard InChI is InChI=1S/C12H5F4N3.C12H9F4N3.ClH/c1-17-11-5-8(4-10(13)19-11)7-2-3-9(18-6-7)12(14,15)16;13-11-4-8(3-9(5-17)19-11)7-1-2-10(18-6-7)12(14,15)16;/h2-6H;1-4,6H,5,17H2;1H. The van der Waals surface area contributed by atoms with Gasteiger partial charge in [-0.1, -0.05) is 23.7 Å². The molecule has 0 amide bonds. The normalized spacial score (nSPS) is 11.1. The fourth-order valence-electron chi connectivity index (χ4n) is 2.99. The average Bonchev–Trinajstić information content (AvgIpc) is 2.87. The summed E-state index contributed by atoms with van der Waals surface area (Å²) >= 11 is 0. The summed E-state index contributed by atoms with van der Waals surface area (Å²) < 4.78 is 100. The van der Waals surface area contributed by atoms with Crippen LogP contribution in [-0.2, 0) is 18.9 Å². The van der Waals surface area contributed by atoms with Gasteiger partial charge in [0.1, 0.15) is 11.4 Å². The van der Waals surface area contributed by atoms with Crippen LogP contribution >= 0.6 is 12.4 Å². The van der Waals surface area contributed by atoms with Crippen LogP contribution in [0.4, 0.5) is 40.9 Å². The summed E-state index contributed by atoms with van der Waals surface area (Å²) in [6.45, 7) is 6.79. The number of nitrogens with two attached hydrogens (primary N) is 1. The van der Waals surface area contributed by atoms with Crippen molar-refractivity contribution in [2.24, 2.45) is 5.73 Å². The first-order valence-electron chi connectivity index (χ1n) is 10.3. The Labute approximate surface area is 221 Å². The van der Waals surface area contributed by atoms with E-state index in [0.717, 1.165) is 36.7 Å². The summed E-state index contributed by atoms with van der Waals surface area (Å²) in [5, 5.41) is 0. The van der Waals surface area contributed by atoms with Crippen molar-refractivity contribution in [3.05, 3.63) is 101 Å². The predicted molar refractivity (Wildman–Crippen MR) is 126 cm³/mol. The molecule has 0 aromatic carbocycles. The van der Waals surface area contributed by atoms with E-state index in [-0.39, 0.29) is 35.9 Å². The van der Waals surface area contributed by atoms with Crippen molar-refractivity contribution in [1.82, 2.24) is 19.9 Å². The zero-order valence-electron chi connectivity index (χ0n) is 19.2. The summed E-state index contributed by atoms with van der Waals surface area (Å²) in [6.07, 6.45) is -7.00. The van der Waals surface area contributed by atoms with Crippen molar-refractivity contribution in [3.63, 3.8) is 0 Å². The van der Waals surface area contributed by atoms with Gasteiger partial charge in [0.2, 0.25) is 5.95 Å². The van der Waals surface area contributed by atoms with Gasteiger partial charge in [0.15, 0.2) is 0 Å². The van der Waals surface area contributed by atoms with Gasteiger partial charge in [-0.15, -0.1) is 12.4 Å². The third-order valence-corrected chi connectivity index (χ3v) is 4.73. The lowest BCUT2D eigenvalue weighted by Crippen LogP contribution is -2.07. The number of halogens is 9. The molecule has 2 N–H and O–H groups in total. The maximum atomic E-state index is 13.2. The second-order valence-electron chi connectivity index (χ2n) is 7.38. The molecule has 4 rings (SSSR count). The lowest BCUT2D eigenvalue weighted by atomic mass is 10.1. The molecule has 0 fully saturated rings. The van der Waals surface area contributed by atoms with E-state index < -0.39 is 35.6 Å². The number of hydrogen-bond donors (Lipinski definition) is 1. The lowest BCUT2D eigenvalue weighted by Gasteiger charge is -2.07. The Balaban J connectivity index is 0.000000267. The maximum Gasteiger partial charge on any atom is 0.433 e. The van der Waals surface area contributed by atoms with Gasteiger partial charge >= 0.3 is 18.3 Å². The van der Waals surface area contributed by atoms with Crippen molar-refractivity contribution in [1.29, 1.82) is 0 Å².